The van der Waals surface area contributed by atoms with Crippen molar-refractivity contribution in [3.8, 4) is 0 Å². The van der Waals surface area contributed by atoms with Crippen molar-refractivity contribution in [2.45, 2.75) is 18.4 Å². The van der Waals surface area contributed by atoms with Crippen LogP contribution in [-0.4, -0.2) is 23.8 Å². The third kappa shape index (κ3) is 0.881. The second kappa shape index (κ2) is 2.35. The Kier molecular flexibility index (Phi) is 1.21. The fourth-order valence-electron chi connectivity index (χ4n) is 2.55. The molecule has 1 saturated carbocycles. The van der Waals surface area contributed by atoms with Gasteiger partial charge in [-0.25, -0.2) is 9.98 Å². The third-order valence-corrected chi connectivity index (χ3v) is 3.64. The molecule has 0 bridgehead atoms. The highest BCUT2D eigenvalue weighted by Crippen LogP contribution is 2.44. The van der Waals surface area contributed by atoms with Crippen LogP contribution in [0.3, 0.4) is 0 Å². The normalized spacial score (nSPS) is 40.1. The highest BCUT2D eigenvalue weighted by Gasteiger charge is 2.45. The van der Waals surface area contributed by atoms with Crippen molar-refractivity contribution in [2.75, 3.05) is 0 Å². The summed E-state index contributed by atoms with van der Waals surface area (Å²) in [5.41, 5.74) is 1.72. The molecule has 0 aromatic carbocycles. The van der Waals surface area contributed by atoms with Crippen molar-refractivity contribution in [3.05, 3.63) is 23.9 Å². The lowest BCUT2D eigenvalue weighted by atomic mass is 9.84. The van der Waals surface area contributed by atoms with Gasteiger partial charge in [0.2, 0.25) is 0 Å². The van der Waals surface area contributed by atoms with Gasteiger partial charge in [-0.2, -0.15) is 0 Å². The molecule has 2 heterocycles. The van der Waals surface area contributed by atoms with Crippen LogP contribution in [0.4, 0.5) is 0 Å². The molecule has 3 nitrogen and oxygen atoms in total. The van der Waals surface area contributed by atoms with Crippen molar-refractivity contribution in [1.29, 1.82) is 0 Å². The molecule has 2 aliphatic carbocycles. The fraction of sp³-hybridized carbons (Fsp3) is 0.417. The summed E-state index contributed by atoms with van der Waals surface area (Å²) in [5, 5.41) is 0. The number of hydrogen-bond acceptors (Lipinski definition) is 3. The Hall–Kier alpha value is -1.51. The van der Waals surface area contributed by atoms with Gasteiger partial charge in [-0.15, -0.1) is 0 Å². The van der Waals surface area contributed by atoms with Crippen LogP contribution in [0.1, 0.15) is 12.8 Å². The van der Waals surface area contributed by atoms with Crippen LogP contribution in [0.15, 0.2) is 38.9 Å². The van der Waals surface area contributed by atoms with Crippen molar-refractivity contribution < 1.29 is 0 Å². The first-order valence-corrected chi connectivity index (χ1v) is 5.46. The van der Waals surface area contributed by atoms with Crippen LogP contribution in [0, 0.1) is 11.8 Å². The molecule has 15 heavy (non-hydrogen) atoms. The number of aliphatic imine (C=N–C) groups is 3. The van der Waals surface area contributed by atoms with E-state index in [0.29, 0.717) is 5.92 Å². The predicted molar refractivity (Wildman–Crippen MR) is 60.6 cm³/mol. The topological polar surface area (TPSA) is 37.1 Å². The van der Waals surface area contributed by atoms with Crippen molar-refractivity contribution >= 4 is 18.3 Å². The van der Waals surface area contributed by atoms with Gasteiger partial charge < -0.3 is 0 Å². The van der Waals surface area contributed by atoms with Crippen LogP contribution in [0.25, 0.3) is 0 Å². The Labute approximate surface area is 88.0 Å². The third-order valence-electron chi connectivity index (χ3n) is 3.64. The van der Waals surface area contributed by atoms with E-state index in [1.807, 2.05) is 6.21 Å². The lowest BCUT2D eigenvalue weighted by molar-refractivity contribution is 0.652. The molecule has 0 saturated heterocycles. The summed E-state index contributed by atoms with van der Waals surface area (Å²) in [6, 6.07) is 0. The van der Waals surface area contributed by atoms with Gasteiger partial charge >= 0.3 is 0 Å². The Morgan fingerprint density at radius 1 is 1.33 bits per heavy atom. The molecule has 4 aliphatic rings. The van der Waals surface area contributed by atoms with Gasteiger partial charge in [0.15, 0.2) is 5.54 Å². The van der Waals surface area contributed by atoms with E-state index in [1.54, 1.807) is 6.34 Å². The summed E-state index contributed by atoms with van der Waals surface area (Å²) in [6.07, 6.45) is 13.0. The van der Waals surface area contributed by atoms with E-state index < -0.39 is 0 Å². The molecule has 0 N–H and O–H groups in total. The molecule has 4 rings (SSSR count). The van der Waals surface area contributed by atoms with E-state index in [9.17, 15) is 0 Å². The highest BCUT2D eigenvalue weighted by atomic mass is 15.1. The average Bonchev–Trinajstić information content (AvgIpc) is 2.91. The molecule has 2 aliphatic heterocycles. The van der Waals surface area contributed by atoms with Crippen LogP contribution in [-0.2, 0) is 0 Å². The number of hydrogen-bond donors (Lipinski definition) is 0. The minimum atomic E-state index is -0.328. The Morgan fingerprint density at radius 3 is 3.13 bits per heavy atom. The maximum absolute atomic E-state index is 4.46. The monoisotopic (exact) mass is 197 g/mol. The van der Waals surface area contributed by atoms with Crippen LogP contribution in [0.2, 0.25) is 0 Å². The van der Waals surface area contributed by atoms with Gasteiger partial charge in [-0.3, -0.25) is 4.99 Å². The molecule has 1 fully saturated rings. The van der Waals surface area contributed by atoms with E-state index in [-0.39, 0.29) is 5.54 Å². The molecule has 0 aromatic heterocycles. The Bertz CT molecular complexity index is 477. The Balaban J connectivity index is 1.81. The molecule has 2 unspecified atom stereocenters. The quantitative estimate of drug-likeness (QED) is 0.574. The lowest BCUT2D eigenvalue weighted by Crippen LogP contribution is -2.32. The fourth-order valence-corrected chi connectivity index (χ4v) is 2.55. The van der Waals surface area contributed by atoms with Gasteiger partial charge in [0, 0.05) is 0 Å². The van der Waals surface area contributed by atoms with E-state index in [4.69, 9.17) is 0 Å². The van der Waals surface area contributed by atoms with Gasteiger partial charge in [0.25, 0.3) is 0 Å². The highest BCUT2D eigenvalue weighted by molar-refractivity contribution is 6.41. The smallest absolute Gasteiger partial charge is 0.165 e. The number of nitrogens with zero attached hydrogens (tertiary/aromatic N) is 3. The zero-order valence-corrected chi connectivity index (χ0v) is 8.30. The number of rotatable bonds is 1. The number of allylic oxidation sites excluding steroid dienone is 2. The van der Waals surface area contributed by atoms with Crippen LogP contribution in [0.5, 0.6) is 0 Å². The first kappa shape index (κ1) is 7.74. The second-order valence-electron chi connectivity index (χ2n) is 4.61. The standard InChI is InChI=1S/C12H11N3/c1-2-8(1)9-3-4-12-10(5-9)13-6-11(12)14-7-15-12/h3-9H,1-2H2. The molecule has 2 atom stereocenters. The minimum Gasteiger partial charge on any atom is -0.256 e. The van der Waals surface area contributed by atoms with Crippen LogP contribution < -0.4 is 0 Å². The molecule has 3 heteroatoms. The van der Waals surface area contributed by atoms with Crippen molar-refractivity contribution in [1.82, 2.24) is 0 Å². The molecular formula is C12H11N3. The first-order valence-electron chi connectivity index (χ1n) is 5.46. The van der Waals surface area contributed by atoms with Gasteiger partial charge in [-0.05, 0) is 30.8 Å². The molecule has 1 spiro atoms. The largest absolute Gasteiger partial charge is 0.256 e. The maximum atomic E-state index is 4.46. The van der Waals surface area contributed by atoms with E-state index >= 15 is 0 Å². The van der Waals surface area contributed by atoms with Gasteiger partial charge in [0.05, 0.1) is 17.6 Å². The van der Waals surface area contributed by atoms with E-state index in [0.717, 1.165) is 17.3 Å². The molecule has 0 radical (unpaired) electrons. The first-order chi connectivity index (χ1) is 7.38. The van der Waals surface area contributed by atoms with Crippen LogP contribution >= 0.6 is 0 Å². The SMILES string of the molecule is C1=CC23N=CN=C2C=NC3=CC1C1CC1. The summed E-state index contributed by atoms with van der Waals surface area (Å²) >= 11 is 0. The summed E-state index contributed by atoms with van der Waals surface area (Å²) < 4.78 is 0. The zero-order valence-electron chi connectivity index (χ0n) is 8.30. The Morgan fingerprint density at radius 2 is 2.27 bits per heavy atom. The predicted octanol–water partition coefficient (Wildman–Crippen LogP) is 1.77. The average molecular weight is 197 g/mol. The summed E-state index contributed by atoms with van der Waals surface area (Å²) in [6.45, 7) is 0. The zero-order chi connectivity index (χ0) is 9.88. The molecule has 0 aromatic rings. The molecular weight excluding hydrogens is 186 g/mol. The van der Waals surface area contributed by atoms with Crippen molar-refractivity contribution in [2.24, 2.45) is 26.8 Å². The van der Waals surface area contributed by atoms with E-state index in [1.165, 1.54) is 12.8 Å². The second-order valence-corrected chi connectivity index (χ2v) is 4.61. The summed E-state index contributed by atoms with van der Waals surface area (Å²) in [4.78, 5) is 13.1. The van der Waals surface area contributed by atoms with Gasteiger partial charge in [0.1, 0.15) is 6.34 Å². The summed E-state index contributed by atoms with van der Waals surface area (Å²) in [7, 11) is 0. The molecule has 0 amide bonds. The van der Waals surface area contributed by atoms with E-state index in [2.05, 4.69) is 33.2 Å². The summed E-state index contributed by atoms with van der Waals surface area (Å²) in [5.74, 6) is 1.44. The van der Waals surface area contributed by atoms with Gasteiger partial charge in [-0.1, -0.05) is 12.2 Å². The maximum Gasteiger partial charge on any atom is 0.165 e. The van der Waals surface area contributed by atoms with Crippen molar-refractivity contribution in [3.63, 3.8) is 0 Å². The molecule has 74 valence electrons. The minimum absolute atomic E-state index is 0.328. The lowest BCUT2D eigenvalue weighted by Gasteiger charge is -2.24.